The molecule has 1 fully saturated rings. The second kappa shape index (κ2) is 8.80. The van der Waals surface area contributed by atoms with E-state index in [1.54, 1.807) is 12.4 Å². The molecule has 28 heavy (non-hydrogen) atoms. The lowest BCUT2D eigenvalue weighted by Gasteiger charge is -2.34. The minimum atomic E-state index is -0.112. The zero-order valence-corrected chi connectivity index (χ0v) is 15.8. The quantitative estimate of drug-likeness (QED) is 0.692. The van der Waals surface area contributed by atoms with Crippen LogP contribution < -0.4 is 5.32 Å². The van der Waals surface area contributed by atoms with Crippen molar-refractivity contribution in [1.29, 1.82) is 0 Å². The molecule has 4 rings (SSSR count). The van der Waals surface area contributed by atoms with Crippen LogP contribution in [0.15, 0.2) is 61.1 Å². The summed E-state index contributed by atoms with van der Waals surface area (Å²) in [5.74, 6) is -0.112. The smallest absolute Gasteiger partial charge is 0.255 e. The number of amides is 1. The third kappa shape index (κ3) is 4.12. The van der Waals surface area contributed by atoms with Crippen LogP contribution in [-0.4, -0.2) is 45.6 Å². The van der Waals surface area contributed by atoms with Crippen LogP contribution in [0, 0.1) is 0 Å². The average molecular weight is 375 g/mol. The normalized spacial score (nSPS) is 15.9. The van der Waals surface area contributed by atoms with E-state index in [4.69, 9.17) is 0 Å². The Morgan fingerprint density at radius 3 is 2.64 bits per heavy atom. The fourth-order valence-corrected chi connectivity index (χ4v) is 3.83. The first kappa shape index (κ1) is 18.4. The number of hydrogen-bond acceptors (Lipinski definition) is 4. The van der Waals surface area contributed by atoms with E-state index in [1.165, 1.54) is 19.3 Å². The van der Waals surface area contributed by atoms with Crippen molar-refractivity contribution in [3.05, 3.63) is 72.2 Å². The topological polar surface area (TPSA) is 73.9 Å². The van der Waals surface area contributed by atoms with Gasteiger partial charge in [-0.15, -0.1) is 0 Å². The lowest BCUT2D eigenvalue weighted by molar-refractivity contribution is 0.0925. The molecule has 0 saturated carbocycles. The first-order valence-corrected chi connectivity index (χ1v) is 9.84. The van der Waals surface area contributed by atoms with Crippen molar-refractivity contribution in [3.8, 4) is 11.3 Å². The van der Waals surface area contributed by atoms with Gasteiger partial charge in [0.1, 0.15) is 0 Å². The van der Waals surface area contributed by atoms with E-state index in [1.807, 2.05) is 42.6 Å². The highest BCUT2D eigenvalue weighted by molar-refractivity contribution is 5.99. The van der Waals surface area contributed by atoms with E-state index in [0.717, 1.165) is 29.9 Å². The molecule has 1 aliphatic heterocycles. The summed E-state index contributed by atoms with van der Waals surface area (Å²) in [7, 11) is 0. The molecule has 3 heterocycles. The first-order chi connectivity index (χ1) is 13.8. The summed E-state index contributed by atoms with van der Waals surface area (Å²) in [4.78, 5) is 19.6. The van der Waals surface area contributed by atoms with Crippen LogP contribution in [0.4, 0.5) is 0 Å². The Balaban J connectivity index is 1.50. The predicted octanol–water partition coefficient (Wildman–Crippen LogP) is 3.43. The van der Waals surface area contributed by atoms with Gasteiger partial charge in [-0.3, -0.25) is 19.8 Å². The van der Waals surface area contributed by atoms with Crippen LogP contribution in [0.25, 0.3) is 11.3 Å². The molecule has 1 atom stereocenters. The van der Waals surface area contributed by atoms with Crippen LogP contribution >= 0.6 is 0 Å². The van der Waals surface area contributed by atoms with Gasteiger partial charge in [-0.1, -0.05) is 42.8 Å². The number of pyridine rings is 1. The number of hydrogen-bond donors (Lipinski definition) is 2. The molecule has 0 unspecified atom stereocenters. The van der Waals surface area contributed by atoms with Crippen molar-refractivity contribution in [3.63, 3.8) is 0 Å². The molecule has 6 heteroatoms. The molecular weight excluding hydrogens is 350 g/mol. The Morgan fingerprint density at radius 1 is 1.07 bits per heavy atom. The maximum atomic E-state index is 12.9. The van der Waals surface area contributed by atoms with Crippen molar-refractivity contribution in [1.82, 2.24) is 25.4 Å². The molecule has 0 spiro atoms. The third-order valence-electron chi connectivity index (χ3n) is 5.30. The molecule has 2 aromatic heterocycles. The zero-order chi connectivity index (χ0) is 19.2. The van der Waals surface area contributed by atoms with E-state index in [-0.39, 0.29) is 11.9 Å². The molecule has 144 valence electrons. The molecule has 1 aromatic carbocycles. The Kier molecular flexibility index (Phi) is 5.77. The summed E-state index contributed by atoms with van der Waals surface area (Å²) in [5.41, 5.74) is 3.40. The fourth-order valence-electron chi connectivity index (χ4n) is 3.83. The number of rotatable bonds is 6. The number of carbonyl (C=O) groups is 1. The van der Waals surface area contributed by atoms with Gasteiger partial charge in [-0.05, 0) is 37.6 Å². The predicted molar refractivity (Wildman–Crippen MR) is 109 cm³/mol. The number of nitrogens with zero attached hydrogens (tertiary/aromatic N) is 3. The van der Waals surface area contributed by atoms with Crippen LogP contribution in [0.3, 0.4) is 0 Å². The molecule has 0 radical (unpaired) electrons. The Hall–Kier alpha value is -2.99. The van der Waals surface area contributed by atoms with Crippen LogP contribution in [0.5, 0.6) is 0 Å². The van der Waals surface area contributed by atoms with Crippen molar-refractivity contribution < 1.29 is 4.79 Å². The lowest BCUT2D eigenvalue weighted by atomic mass is 10.0. The van der Waals surface area contributed by atoms with Crippen LogP contribution in [0.1, 0.15) is 41.2 Å². The zero-order valence-electron chi connectivity index (χ0n) is 15.8. The first-order valence-electron chi connectivity index (χ1n) is 9.84. The van der Waals surface area contributed by atoms with E-state index in [0.29, 0.717) is 12.1 Å². The number of aromatic amines is 1. The Labute approximate surface area is 165 Å². The number of likely N-dealkylation sites (tertiary alicyclic amines) is 1. The fraction of sp³-hybridized carbons (Fsp3) is 0.318. The highest BCUT2D eigenvalue weighted by Crippen LogP contribution is 2.24. The van der Waals surface area contributed by atoms with E-state index >= 15 is 0 Å². The summed E-state index contributed by atoms with van der Waals surface area (Å²) in [6.45, 7) is 2.65. The Morgan fingerprint density at radius 2 is 1.89 bits per heavy atom. The number of aromatic nitrogens is 3. The molecule has 3 aromatic rings. The summed E-state index contributed by atoms with van der Waals surface area (Å²) in [6.07, 6.45) is 8.95. The molecule has 1 amide bonds. The second-order valence-electron chi connectivity index (χ2n) is 7.13. The summed E-state index contributed by atoms with van der Waals surface area (Å²) in [6, 6.07) is 14.0. The highest BCUT2D eigenvalue weighted by atomic mass is 16.1. The van der Waals surface area contributed by atoms with E-state index in [2.05, 4.69) is 31.5 Å². The number of benzene rings is 1. The van der Waals surface area contributed by atoms with Gasteiger partial charge in [0, 0.05) is 24.5 Å². The average Bonchev–Trinajstić information content (AvgIpc) is 3.26. The number of nitrogens with one attached hydrogen (secondary N) is 2. The van der Waals surface area contributed by atoms with Gasteiger partial charge < -0.3 is 5.32 Å². The van der Waals surface area contributed by atoms with Gasteiger partial charge in [-0.25, -0.2) is 0 Å². The molecule has 0 aliphatic carbocycles. The Bertz CT molecular complexity index is 888. The second-order valence-corrected chi connectivity index (χ2v) is 7.13. The monoisotopic (exact) mass is 375 g/mol. The molecule has 0 bridgehead atoms. The standard InChI is InChI=1S/C22H25N5O/c28-22(19-15-25-26-21(19)17-8-3-1-4-9-17)24-16-20(18-10-7-11-23-14-18)27-12-5-2-6-13-27/h1,3-4,7-11,14-15,20H,2,5-6,12-13,16H2,(H,24,28)(H,25,26)/t20-/m0/s1. The van der Waals surface area contributed by atoms with Gasteiger partial charge in [-0.2, -0.15) is 5.10 Å². The lowest BCUT2D eigenvalue weighted by Crippen LogP contribution is -2.40. The molecule has 1 saturated heterocycles. The van der Waals surface area contributed by atoms with Gasteiger partial charge in [0.15, 0.2) is 0 Å². The van der Waals surface area contributed by atoms with Gasteiger partial charge in [0.05, 0.1) is 23.5 Å². The van der Waals surface area contributed by atoms with Gasteiger partial charge in [0.2, 0.25) is 0 Å². The molecule has 6 nitrogen and oxygen atoms in total. The van der Waals surface area contributed by atoms with E-state index in [9.17, 15) is 4.79 Å². The number of piperidine rings is 1. The summed E-state index contributed by atoms with van der Waals surface area (Å²) >= 11 is 0. The molecule has 2 N–H and O–H groups in total. The summed E-state index contributed by atoms with van der Waals surface area (Å²) < 4.78 is 0. The molecular formula is C22H25N5O. The van der Waals surface area contributed by atoms with Crippen LogP contribution in [0.2, 0.25) is 0 Å². The van der Waals surface area contributed by atoms with Crippen molar-refractivity contribution >= 4 is 5.91 Å². The SMILES string of the molecule is O=C(NC[C@@H](c1cccnc1)N1CCCCC1)c1cn[nH]c1-c1ccccc1. The van der Waals surface area contributed by atoms with Gasteiger partial charge in [0.25, 0.3) is 5.91 Å². The third-order valence-corrected chi connectivity index (χ3v) is 5.30. The summed E-state index contributed by atoms with van der Waals surface area (Å²) in [5, 5.41) is 10.2. The minimum Gasteiger partial charge on any atom is -0.350 e. The maximum Gasteiger partial charge on any atom is 0.255 e. The van der Waals surface area contributed by atoms with Crippen molar-refractivity contribution in [2.24, 2.45) is 0 Å². The maximum absolute atomic E-state index is 12.9. The number of H-pyrrole nitrogens is 1. The van der Waals surface area contributed by atoms with E-state index < -0.39 is 0 Å². The largest absolute Gasteiger partial charge is 0.350 e. The minimum absolute atomic E-state index is 0.112. The van der Waals surface area contributed by atoms with Crippen molar-refractivity contribution in [2.75, 3.05) is 19.6 Å². The van der Waals surface area contributed by atoms with Crippen molar-refractivity contribution in [2.45, 2.75) is 25.3 Å². The number of carbonyl (C=O) groups excluding carboxylic acids is 1. The van der Waals surface area contributed by atoms with Gasteiger partial charge >= 0.3 is 0 Å². The molecule has 1 aliphatic rings. The van der Waals surface area contributed by atoms with Crippen LogP contribution in [-0.2, 0) is 0 Å². The highest BCUT2D eigenvalue weighted by Gasteiger charge is 2.24.